The van der Waals surface area contributed by atoms with E-state index in [0.29, 0.717) is 36.0 Å². The number of aromatic nitrogens is 2. The Bertz CT molecular complexity index is 1070. The molecule has 1 heterocycles. The normalized spacial score (nSPS) is 11.1. The number of hydrogen-bond donors (Lipinski definition) is 0. The van der Waals surface area contributed by atoms with E-state index in [2.05, 4.69) is 44.1 Å². The van der Waals surface area contributed by atoms with Gasteiger partial charge in [0.25, 0.3) is 5.56 Å². The zero-order valence-electron chi connectivity index (χ0n) is 18.4. The first kappa shape index (κ1) is 21.7. The maximum absolute atomic E-state index is 12.9. The molecule has 160 valence electrons. The van der Waals surface area contributed by atoms with E-state index < -0.39 is 0 Å². The molecule has 0 saturated heterocycles. The third kappa shape index (κ3) is 4.58. The minimum Gasteiger partial charge on any atom is -0.493 e. The molecule has 0 spiro atoms. The monoisotopic (exact) mass is 410 g/mol. The Morgan fingerprint density at radius 2 is 1.83 bits per heavy atom. The number of unbranched alkanes of at least 4 members (excludes halogenated alkanes) is 1. The first-order valence-corrected chi connectivity index (χ1v) is 10.3. The van der Waals surface area contributed by atoms with Gasteiger partial charge in [0, 0.05) is 11.9 Å². The summed E-state index contributed by atoms with van der Waals surface area (Å²) in [4.78, 5) is 12.9. The van der Waals surface area contributed by atoms with Gasteiger partial charge in [-0.2, -0.15) is 5.10 Å². The first-order valence-electron chi connectivity index (χ1n) is 10.3. The average Bonchev–Trinajstić information content (AvgIpc) is 2.75. The lowest BCUT2D eigenvalue weighted by atomic mass is 10.0. The molecule has 6 nitrogen and oxygen atoms in total. The van der Waals surface area contributed by atoms with Crippen molar-refractivity contribution in [1.29, 1.82) is 0 Å². The summed E-state index contributed by atoms with van der Waals surface area (Å²) in [6.45, 7) is 7.52. The number of aryl methyl sites for hydroxylation is 2. The highest BCUT2D eigenvalue weighted by Gasteiger charge is 2.14. The van der Waals surface area contributed by atoms with Gasteiger partial charge in [-0.3, -0.25) is 4.79 Å². The van der Waals surface area contributed by atoms with Gasteiger partial charge in [-0.1, -0.05) is 26.0 Å². The Hall–Kier alpha value is -3.02. The largest absolute Gasteiger partial charge is 0.493 e. The smallest absolute Gasteiger partial charge is 0.278 e. The highest BCUT2D eigenvalue weighted by Crippen LogP contribution is 2.32. The van der Waals surface area contributed by atoms with Gasteiger partial charge in [-0.15, -0.1) is 0 Å². The molecular formula is C24H30N2O4. The van der Waals surface area contributed by atoms with Crippen molar-refractivity contribution < 1.29 is 14.2 Å². The molecule has 2 aromatic carbocycles. The minimum absolute atomic E-state index is 0.176. The predicted octanol–water partition coefficient (Wildman–Crippen LogP) is 4.70. The van der Waals surface area contributed by atoms with Crippen LogP contribution in [-0.2, 0) is 6.54 Å². The van der Waals surface area contributed by atoms with Crippen LogP contribution in [0.5, 0.6) is 17.2 Å². The fourth-order valence-corrected chi connectivity index (χ4v) is 3.42. The second-order valence-corrected chi connectivity index (χ2v) is 7.67. The molecule has 6 heteroatoms. The van der Waals surface area contributed by atoms with Gasteiger partial charge >= 0.3 is 0 Å². The molecule has 0 aliphatic carbocycles. The van der Waals surface area contributed by atoms with E-state index in [1.165, 1.54) is 17.4 Å². The Kier molecular flexibility index (Phi) is 6.98. The summed E-state index contributed by atoms with van der Waals surface area (Å²) in [5, 5.41) is 5.53. The number of fused-ring (bicyclic) bond motifs is 1. The highest BCUT2D eigenvalue weighted by atomic mass is 16.5. The van der Waals surface area contributed by atoms with Crippen LogP contribution in [0.3, 0.4) is 0 Å². The van der Waals surface area contributed by atoms with Crippen molar-refractivity contribution >= 4 is 10.8 Å². The van der Waals surface area contributed by atoms with Gasteiger partial charge in [0.05, 0.1) is 32.4 Å². The fourth-order valence-electron chi connectivity index (χ4n) is 3.42. The standard InChI is InChI=1S/C24H30N2O4/c1-16(2)18-9-8-17(3)21(14-18)30-13-7-6-12-26-24(27)22-19(15-25-26)10-11-20(28-4)23(22)29-5/h8-11,14-16H,6-7,12-13H2,1-5H3. The first-order chi connectivity index (χ1) is 14.5. The van der Waals surface area contributed by atoms with Crippen LogP contribution in [-0.4, -0.2) is 30.6 Å². The van der Waals surface area contributed by atoms with Crippen LogP contribution in [0.2, 0.25) is 0 Å². The average molecular weight is 411 g/mol. The number of nitrogens with zero attached hydrogens (tertiary/aromatic N) is 2. The van der Waals surface area contributed by atoms with Crippen LogP contribution in [0.25, 0.3) is 10.8 Å². The summed E-state index contributed by atoms with van der Waals surface area (Å²) in [7, 11) is 3.09. The number of hydrogen-bond acceptors (Lipinski definition) is 5. The zero-order chi connectivity index (χ0) is 21.7. The lowest BCUT2D eigenvalue weighted by molar-refractivity contribution is 0.299. The topological polar surface area (TPSA) is 62.6 Å². The lowest BCUT2D eigenvalue weighted by Gasteiger charge is -2.13. The van der Waals surface area contributed by atoms with Crippen molar-refractivity contribution in [3.8, 4) is 17.2 Å². The molecule has 0 unspecified atom stereocenters. The summed E-state index contributed by atoms with van der Waals surface area (Å²) in [5.74, 6) is 2.38. The van der Waals surface area contributed by atoms with Gasteiger partial charge in [0.15, 0.2) is 11.5 Å². The second kappa shape index (κ2) is 9.65. The molecule has 0 saturated carbocycles. The third-order valence-corrected chi connectivity index (χ3v) is 5.26. The summed E-state index contributed by atoms with van der Waals surface area (Å²) in [6.07, 6.45) is 3.30. The molecule has 0 atom stereocenters. The van der Waals surface area contributed by atoms with E-state index >= 15 is 0 Å². The van der Waals surface area contributed by atoms with Crippen molar-refractivity contribution in [2.45, 2.75) is 46.1 Å². The van der Waals surface area contributed by atoms with Crippen molar-refractivity contribution in [3.63, 3.8) is 0 Å². The number of methoxy groups -OCH3 is 2. The maximum Gasteiger partial charge on any atom is 0.278 e. The zero-order valence-corrected chi connectivity index (χ0v) is 18.4. The van der Waals surface area contributed by atoms with E-state index in [4.69, 9.17) is 14.2 Å². The van der Waals surface area contributed by atoms with Crippen LogP contribution < -0.4 is 19.8 Å². The molecule has 0 aliphatic rings. The molecule has 0 fully saturated rings. The van der Waals surface area contributed by atoms with Crippen molar-refractivity contribution in [1.82, 2.24) is 9.78 Å². The highest BCUT2D eigenvalue weighted by molar-refractivity contribution is 5.89. The number of benzene rings is 2. The summed E-state index contributed by atoms with van der Waals surface area (Å²) in [5.41, 5.74) is 2.23. The van der Waals surface area contributed by atoms with Crippen molar-refractivity contribution in [3.05, 3.63) is 58.0 Å². The third-order valence-electron chi connectivity index (χ3n) is 5.26. The van der Waals surface area contributed by atoms with Crippen LogP contribution in [0.1, 0.15) is 43.7 Å². The van der Waals surface area contributed by atoms with Crippen LogP contribution in [0.15, 0.2) is 41.3 Å². The molecule has 0 radical (unpaired) electrons. The number of rotatable bonds is 9. The van der Waals surface area contributed by atoms with Gasteiger partial charge in [-0.05, 0) is 55.0 Å². The van der Waals surface area contributed by atoms with Crippen molar-refractivity contribution in [2.75, 3.05) is 20.8 Å². The fraction of sp³-hybridized carbons (Fsp3) is 0.417. The molecule has 0 amide bonds. The second-order valence-electron chi connectivity index (χ2n) is 7.67. The van der Waals surface area contributed by atoms with E-state index in [1.807, 2.05) is 6.07 Å². The Morgan fingerprint density at radius 3 is 2.53 bits per heavy atom. The SMILES string of the molecule is COc1ccc2cnn(CCCCOc3cc(C(C)C)ccc3C)c(=O)c2c1OC. The Morgan fingerprint density at radius 1 is 1.03 bits per heavy atom. The van der Waals surface area contributed by atoms with Crippen LogP contribution >= 0.6 is 0 Å². The maximum atomic E-state index is 12.9. The number of ether oxygens (including phenoxy) is 3. The Balaban J connectivity index is 1.65. The van der Waals surface area contributed by atoms with Gasteiger partial charge < -0.3 is 14.2 Å². The molecule has 0 N–H and O–H groups in total. The molecular weight excluding hydrogens is 380 g/mol. The van der Waals surface area contributed by atoms with Gasteiger partial charge in [0.1, 0.15) is 5.75 Å². The van der Waals surface area contributed by atoms with Gasteiger partial charge in [0.2, 0.25) is 0 Å². The van der Waals surface area contributed by atoms with Crippen LogP contribution in [0, 0.1) is 6.92 Å². The van der Waals surface area contributed by atoms with Gasteiger partial charge in [-0.25, -0.2) is 4.68 Å². The molecule has 0 aliphatic heterocycles. The molecule has 3 rings (SSSR count). The van der Waals surface area contributed by atoms with E-state index in [9.17, 15) is 4.79 Å². The molecule has 0 bridgehead atoms. The van der Waals surface area contributed by atoms with Crippen molar-refractivity contribution in [2.24, 2.45) is 0 Å². The van der Waals surface area contributed by atoms with Crippen LogP contribution in [0.4, 0.5) is 0 Å². The van der Waals surface area contributed by atoms with E-state index in [0.717, 1.165) is 29.5 Å². The summed E-state index contributed by atoms with van der Waals surface area (Å²) < 4.78 is 18.2. The summed E-state index contributed by atoms with van der Waals surface area (Å²) in [6, 6.07) is 9.96. The predicted molar refractivity (Wildman–Crippen MR) is 119 cm³/mol. The van der Waals surface area contributed by atoms with E-state index in [-0.39, 0.29) is 5.56 Å². The Labute approximate surface area is 177 Å². The minimum atomic E-state index is -0.176. The lowest BCUT2D eigenvalue weighted by Crippen LogP contribution is -2.23. The molecule has 1 aromatic heterocycles. The molecule has 3 aromatic rings. The quantitative estimate of drug-likeness (QED) is 0.478. The molecule has 30 heavy (non-hydrogen) atoms. The summed E-state index contributed by atoms with van der Waals surface area (Å²) >= 11 is 0. The van der Waals surface area contributed by atoms with E-state index in [1.54, 1.807) is 19.4 Å².